The lowest BCUT2D eigenvalue weighted by molar-refractivity contribution is -0.134. The molecule has 112 valence electrons. The summed E-state index contributed by atoms with van der Waals surface area (Å²) in [6.45, 7) is 2.18. The molecule has 1 aromatic heterocycles. The molecule has 2 atom stereocenters. The summed E-state index contributed by atoms with van der Waals surface area (Å²) in [5.41, 5.74) is 6.67. The van der Waals surface area contributed by atoms with Gasteiger partial charge >= 0.3 is 0 Å². The Morgan fingerprint density at radius 2 is 2.00 bits per heavy atom. The maximum atomic E-state index is 12.2. The number of aliphatic hydroxyl groups excluding tert-OH is 1. The van der Waals surface area contributed by atoms with Crippen LogP contribution in [-0.2, 0) is 11.3 Å². The van der Waals surface area contributed by atoms with E-state index in [0.717, 1.165) is 5.56 Å². The van der Waals surface area contributed by atoms with Crippen molar-refractivity contribution in [1.29, 1.82) is 0 Å². The highest BCUT2D eigenvalue weighted by molar-refractivity contribution is 5.81. The van der Waals surface area contributed by atoms with Gasteiger partial charge in [0.15, 0.2) is 0 Å². The Labute approximate surface area is 124 Å². The lowest BCUT2D eigenvalue weighted by Gasteiger charge is -2.26. The number of nitrogens with zero attached hydrogens (tertiary/aromatic N) is 1. The second-order valence-corrected chi connectivity index (χ2v) is 5.02. The molecule has 3 N–H and O–H groups in total. The van der Waals surface area contributed by atoms with E-state index < -0.39 is 12.1 Å². The molecular formula is C16H20N2O3. The number of amides is 1. The van der Waals surface area contributed by atoms with E-state index in [1.165, 1.54) is 6.26 Å². The number of nitrogens with two attached hydrogens (primary N) is 1. The van der Waals surface area contributed by atoms with E-state index in [4.69, 9.17) is 10.2 Å². The Bertz CT molecular complexity index is 552. The van der Waals surface area contributed by atoms with Crippen LogP contribution in [0.1, 0.15) is 24.4 Å². The quantitative estimate of drug-likeness (QED) is 0.847. The first kappa shape index (κ1) is 15.3. The van der Waals surface area contributed by atoms with Gasteiger partial charge in [-0.15, -0.1) is 0 Å². The predicted molar refractivity (Wildman–Crippen MR) is 79.2 cm³/mol. The van der Waals surface area contributed by atoms with Gasteiger partial charge in [0, 0.05) is 6.54 Å². The Morgan fingerprint density at radius 1 is 1.29 bits per heavy atom. The van der Waals surface area contributed by atoms with Gasteiger partial charge in [-0.2, -0.15) is 0 Å². The van der Waals surface area contributed by atoms with Crippen molar-refractivity contribution in [2.24, 2.45) is 5.73 Å². The molecule has 2 unspecified atom stereocenters. The largest absolute Gasteiger partial charge is 0.467 e. The van der Waals surface area contributed by atoms with Gasteiger partial charge in [-0.05, 0) is 24.6 Å². The fourth-order valence-corrected chi connectivity index (χ4v) is 2.10. The zero-order valence-corrected chi connectivity index (χ0v) is 12.0. The van der Waals surface area contributed by atoms with Gasteiger partial charge in [0.2, 0.25) is 5.91 Å². The van der Waals surface area contributed by atoms with Crippen LogP contribution >= 0.6 is 0 Å². The number of aliphatic hydroxyl groups is 1. The molecule has 0 aliphatic carbocycles. The maximum absolute atomic E-state index is 12.2. The van der Waals surface area contributed by atoms with Crippen molar-refractivity contribution >= 4 is 5.91 Å². The summed E-state index contributed by atoms with van der Waals surface area (Å²) in [5.74, 6) is 0.231. The van der Waals surface area contributed by atoms with Gasteiger partial charge in [-0.25, -0.2) is 0 Å². The second kappa shape index (κ2) is 7.06. The molecule has 0 spiro atoms. The minimum atomic E-state index is -0.869. The molecule has 2 rings (SSSR count). The highest BCUT2D eigenvalue weighted by Crippen LogP contribution is 2.16. The van der Waals surface area contributed by atoms with Gasteiger partial charge in [-0.3, -0.25) is 4.79 Å². The summed E-state index contributed by atoms with van der Waals surface area (Å²) < 4.78 is 5.17. The third-order valence-electron chi connectivity index (χ3n) is 3.18. The third kappa shape index (κ3) is 4.18. The zero-order valence-electron chi connectivity index (χ0n) is 12.0. The Balaban J connectivity index is 2.10. The average Bonchev–Trinajstić information content (AvgIpc) is 3.01. The Kier molecular flexibility index (Phi) is 5.14. The van der Waals surface area contributed by atoms with Crippen LogP contribution < -0.4 is 5.73 Å². The van der Waals surface area contributed by atoms with Crippen LogP contribution in [-0.4, -0.2) is 28.5 Å². The van der Waals surface area contributed by atoms with Crippen molar-refractivity contribution in [1.82, 2.24) is 4.90 Å². The normalized spacial score (nSPS) is 13.7. The molecule has 5 nitrogen and oxygen atoms in total. The maximum Gasteiger partial charge on any atom is 0.239 e. The monoisotopic (exact) mass is 288 g/mol. The smallest absolute Gasteiger partial charge is 0.239 e. The first-order chi connectivity index (χ1) is 10.1. The Hall–Kier alpha value is -2.11. The average molecular weight is 288 g/mol. The molecule has 0 saturated carbocycles. The SMILES string of the molecule is CC(N)C(=O)N(Cc1ccccc1)CC(O)c1ccco1. The molecule has 1 heterocycles. The van der Waals surface area contributed by atoms with Crippen molar-refractivity contribution in [3.63, 3.8) is 0 Å². The number of rotatable bonds is 6. The van der Waals surface area contributed by atoms with E-state index in [1.54, 1.807) is 24.0 Å². The van der Waals surface area contributed by atoms with Crippen LogP contribution in [0.2, 0.25) is 0 Å². The van der Waals surface area contributed by atoms with Gasteiger partial charge in [0.25, 0.3) is 0 Å². The first-order valence-corrected chi connectivity index (χ1v) is 6.87. The lowest BCUT2D eigenvalue weighted by Crippen LogP contribution is -2.43. The molecule has 0 aliphatic heterocycles. The highest BCUT2D eigenvalue weighted by Gasteiger charge is 2.22. The summed E-state index contributed by atoms with van der Waals surface area (Å²) in [4.78, 5) is 13.8. The van der Waals surface area contributed by atoms with Crippen LogP contribution in [0.25, 0.3) is 0 Å². The predicted octanol–water partition coefficient (Wildman–Crippen LogP) is 1.69. The number of carbonyl (C=O) groups excluding carboxylic acids is 1. The van der Waals surface area contributed by atoms with Gasteiger partial charge in [0.05, 0.1) is 18.8 Å². The van der Waals surface area contributed by atoms with Crippen molar-refractivity contribution < 1.29 is 14.3 Å². The fraction of sp³-hybridized carbons (Fsp3) is 0.312. The number of benzene rings is 1. The minimum Gasteiger partial charge on any atom is -0.467 e. The topological polar surface area (TPSA) is 79.7 Å². The van der Waals surface area contributed by atoms with E-state index in [0.29, 0.717) is 12.3 Å². The number of carbonyl (C=O) groups is 1. The van der Waals surface area contributed by atoms with Gasteiger partial charge < -0.3 is 20.2 Å². The van der Waals surface area contributed by atoms with E-state index in [1.807, 2.05) is 30.3 Å². The number of hydrogen-bond acceptors (Lipinski definition) is 4. The van der Waals surface area contributed by atoms with E-state index >= 15 is 0 Å². The van der Waals surface area contributed by atoms with Gasteiger partial charge in [-0.1, -0.05) is 30.3 Å². The molecule has 0 radical (unpaired) electrons. The molecule has 0 saturated heterocycles. The van der Waals surface area contributed by atoms with E-state index in [2.05, 4.69) is 0 Å². The first-order valence-electron chi connectivity index (χ1n) is 6.87. The summed E-state index contributed by atoms with van der Waals surface area (Å²) >= 11 is 0. The van der Waals surface area contributed by atoms with E-state index in [-0.39, 0.29) is 12.5 Å². The molecule has 1 aromatic carbocycles. The van der Waals surface area contributed by atoms with Gasteiger partial charge in [0.1, 0.15) is 11.9 Å². The molecule has 2 aromatic rings. The standard InChI is InChI=1S/C16H20N2O3/c1-12(17)16(20)18(10-13-6-3-2-4-7-13)11-14(19)15-8-5-9-21-15/h2-9,12,14,19H,10-11,17H2,1H3. The van der Waals surface area contributed by atoms with E-state index in [9.17, 15) is 9.90 Å². The summed E-state index contributed by atoms with van der Waals surface area (Å²) in [6.07, 6.45) is 0.624. The molecule has 0 fully saturated rings. The third-order valence-corrected chi connectivity index (χ3v) is 3.18. The summed E-state index contributed by atoms with van der Waals surface area (Å²) in [5, 5.41) is 10.2. The fourth-order valence-electron chi connectivity index (χ4n) is 2.10. The number of hydrogen-bond donors (Lipinski definition) is 2. The minimum absolute atomic E-state index is 0.142. The highest BCUT2D eigenvalue weighted by atomic mass is 16.4. The Morgan fingerprint density at radius 3 is 2.57 bits per heavy atom. The molecule has 0 bridgehead atoms. The van der Waals surface area contributed by atoms with Crippen LogP contribution in [0.5, 0.6) is 0 Å². The van der Waals surface area contributed by atoms with Crippen molar-refractivity contribution in [2.45, 2.75) is 25.6 Å². The van der Waals surface area contributed by atoms with Crippen LogP contribution in [0, 0.1) is 0 Å². The van der Waals surface area contributed by atoms with Crippen LogP contribution in [0.3, 0.4) is 0 Å². The molecular weight excluding hydrogens is 268 g/mol. The van der Waals surface area contributed by atoms with Crippen molar-refractivity contribution in [3.05, 3.63) is 60.1 Å². The van der Waals surface area contributed by atoms with Crippen LogP contribution in [0.4, 0.5) is 0 Å². The molecule has 21 heavy (non-hydrogen) atoms. The second-order valence-electron chi connectivity index (χ2n) is 5.02. The summed E-state index contributed by atoms with van der Waals surface area (Å²) in [7, 11) is 0. The number of furan rings is 1. The molecule has 5 heteroatoms. The molecule has 1 amide bonds. The summed E-state index contributed by atoms with van der Waals surface area (Å²) in [6, 6.07) is 12.4. The van der Waals surface area contributed by atoms with Crippen LogP contribution in [0.15, 0.2) is 53.1 Å². The van der Waals surface area contributed by atoms with Crippen molar-refractivity contribution in [3.8, 4) is 0 Å². The lowest BCUT2D eigenvalue weighted by atomic mass is 10.1. The molecule has 0 aliphatic rings. The van der Waals surface area contributed by atoms with Crippen molar-refractivity contribution in [2.75, 3.05) is 6.54 Å². The zero-order chi connectivity index (χ0) is 15.2.